The average molecular weight is 348 g/mol. The summed E-state index contributed by atoms with van der Waals surface area (Å²) < 4.78 is 10.5. The van der Waals surface area contributed by atoms with Gasteiger partial charge in [0.25, 0.3) is 0 Å². The molecule has 2 N–H and O–H groups in total. The van der Waals surface area contributed by atoms with Gasteiger partial charge in [-0.05, 0) is 36.5 Å². The predicted octanol–water partition coefficient (Wildman–Crippen LogP) is 3.78. The number of hydrogen-bond acceptors (Lipinski definition) is 4. The number of nitrogens with one attached hydrogen (secondary N) is 2. The van der Waals surface area contributed by atoms with Crippen LogP contribution < -0.4 is 20.1 Å². The zero-order chi connectivity index (χ0) is 16.5. The van der Waals surface area contributed by atoms with Crippen molar-refractivity contribution in [1.29, 1.82) is 0 Å². The molecule has 0 aliphatic rings. The number of methoxy groups -OCH3 is 2. The molecule has 0 aliphatic heterocycles. The number of anilines is 1. The maximum absolute atomic E-state index is 5.34. The molecule has 23 heavy (non-hydrogen) atoms. The van der Waals surface area contributed by atoms with Gasteiger partial charge in [0.1, 0.15) is 11.5 Å². The summed E-state index contributed by atoms with van der Waals surface area (Å²) in [6.07, 6.45) is 0. The highest BCUT2D eigenvalue weighted by Gasteiger charge is 2.06. The molecular formula is C17H20N2O2S2. The minimum Gasteiger partial charge on any atom is -0.497 e. The van der Waals surface area contributed by atoms with Crippen LogP contribution in [0.25, 0.3) is 0 Å². The van der Waals surface area contributed by atoms with Crippen LogP contribution in [0.4, 0.5) is 5.69 Å². The quantitative estimate of drug-likeness (QED) is 0.451. The van der Waals surface area contributed by atoms with Gasteiger partial charge in [-0.25, -0.2) is 0 Å². The third-order valence-electron chi connectivity index (χ3n) is 3.06. The van der Waals surface area contributed by atoms with E-state index < -0.39 is 0 Å². The molecule has 2 aromatic carbocycles. The van der Waals surface area contributed by atoms with Crippen molar-refractivity contribution in [3.63, 3.8) is 0 Å². The van der Waals surface area contributed by atoms with Crippen LogP contribution >= 0.6 is 24.0 Å². The monoisotopic (exact) mass is 348 g/mol. The van der Waals surface area contributed by atoms with Crippen LogP contribution in [0.5, 0.6) is 11.5 Å². The molecule has 0 bridgehead atoms. The number of hydrogen-bond donors (Lipinski definition) is 2. The Kier molecular flexibility index (Phi) is 7.03. The van der Waals surface area contributed by atoms with Crippen molar-refractivity contribution < 1.29 is 9.47 Å². The largest absolute Gasteiger partial charge is 0.497 e. The Labute approximate surface area is 146 Å². The van der Waals surface area contributed by atoms with E-state index in [0.717, 1.165) is 23.7 Å². The molecule has 0 aliphatic carbocycles. The fourth-order valence-electron chi connectivity index (χ4n) is 1.92. The Morgan fingerprint density at radius 2 is 1.87 bits per heavy atom. The van der Waals surface area contributed by atoms with Gasteiger partial charge in [-0.1, -0.05) is 18.2 Å². The fourth-order valence-corrected chi connectivity index (χ4v) is 2.92. The van der Waals surface area contributed by atoms with E-state index in [1.807, 2.05) is 36.4 Å². The SMILES string of the molecule is COc1ccc(NC(=S)NCCSc2ccccc2)c(OC)c1. The van der Waals surface area contributed by atoms with E-state index in [4.69, 9.17) is 21.7 Å². The lowest BCUT2D eigenvalue weighted by atomic mass is 10.2. The summed E-state index contributed by atoms with van der Waals surface area (Å²) in [6, 6.07) is 15.9. The first kappa shape index (κ1) is 17.4. The van der Waals surface area contributed by atoms with Gasteiger partial charge >= 0.3 is 0 Å². The first-order chi connectivity index (χ1) is 11.2. The van der Waals surface area contributed by atoms with Gasteiger partial charge in [-0.2, -0.15) is 0 Å². The third-order valence-corrected chi connectivity index (χ3v) is 4.32. The van der Waals surface area contributed by atoms with Crippen LogP contribution in [0, 0.1) is 0 Å². The number of benzene rings is 2. The van der Waals surface area contributed by atoms with E-state index in [2.05, 4.69) is 22.8 Å². The highest BCUT2D eigenvalue weighted by Crippen LogP contribution is 2.28. The van der Waals surface area contributed by atoms with Gasteiger partial charge in [-0.15, -0.1) is 11.8 Å². The first-order valence-electron chi connectivity index (χ1n) is 7.17. The van der Waals surface area contributed by atoms with Crippen LogP contribution in [0.15, 0.2) is 53.4 Å². The van der Waals surface area contributed by atoms with Crippen molar-refractivity contribution in [1.82, 2.24) is 5.32 Å². The molecule has 0 unspecified atom stereocenters. The zero-order valence-corrected chi connectivity index (χ0v) is 14.8. The van der Waals surface area contributed by atoms with Crippen molar-refractivity contribution in [2.45, 2.75) is 4.90 Å². The molecule has 2 aromatic rings. The van der Waals surface area contributed by atoms with Gasteiger partial charge < -0.3 is 20.1 Å². The molecule has 122 valence electrons. The standard InChI is InChI=1S/C17H20N2O2S2/c1-20-13-8-9-15(16(12-13)21-2)19-17(22)18-10-11-23-14-6-4-3-5-7-14/h3-9,12H,10-11H2,1-2H3,(H2,18,19,22). The molecule has 0 atom stereocenters. The smallest absolute Gasteiger partial charge is 0.170 e. The zero-order valence-electron chi connectivity index (χ0n) is 13.2. The molecule has 6 heteroatoms. The maximum Gasteiger partial charge on any atom is 0.170 e. The number of thiocarbonyl (C=S) groups is 1. The van der Waals surface area contributed by atoms with Gasteiger partial charge in [0, 0.05) is 23.3 Å². The second kappa shape index (κ2) is 9.27. The summed E-state index contributed by atoms with van der Waals surface area (Å²) in [6.45, 7) is 0.782. The molecule has 0 radical (unpaired) electrons. The predicted molar refractivity (Wildman–Crippen MR) is 101 cm³/mol. The average Bonchev–Trinajstić information content (AvgIpc) is 2.60. The van der Waals surface area contributed by atoms with E-state index in [1.165, 1.54) is 4.90 Å². The second-order valence-corrected chi connectivity index (χ2v) is 6.19. The van der Waals surface area contributed by atoms with Crippen LogP contribution in [-0.2, 0) is 0 Å². The molecule has 0 fully saturated rings. The highest BCUT2D eigenvalue weighted by molar-refractivity contribution is 7.99. The van der Waals surface area contributed by atoms with E-state index in [0.29, 0.717) is 10.9 Å². The van der Waals surface area contributed by atoms with Crippen LogP contribution in [0.2, 0.25) is 0 Å². The summed E-state index contributed by atoms with van der Waals surface area (Å²) in [5.41, 5.74) is 0.807. The highest BCUT2D eigenvalue weighted by atomic mass is 32.2. The molecule has 0 saturated carbocycles. The molecule has 0 aromatic heterocycles. The number of rotatable bonds is 7. The van der Waals surface area contributed by atoms with Gasteiger partial charge in [0.2, 0.25) is 0 Å². The summed E-state index contributed by atoms with van der Waals surface area (Å²) in [5, 5.41) is 6.91. The van der Waals surface area contributed by atoms with Gasteiger partial charge in [0.05, 0.1) is 19.9 Å². The van der Waals surface area contributed by atoms with Gasteiger partial charge in [-0.3, -0.25) is 0 Å². The van der Waals surface area contributed by atoms with Crippen LogP contribution in [0.3, 0.4) is 0 Å². The first-order valence-corrected chi connectivity index (χ1v) is 8.57. The summed E-state index contributed by atoms with van der Waals surface area (Å²) in [5.74, 6) is 2.36. The van der Waals surface area contributed by atoms with Crippen molar-refractivity contribution >= 4 is 34.8 Å². The Bertz CT molecular complexity index is 636. The fraction of sp³-hybridized carbons (Fsp3) is 0.235. The summed E-state index contributed by atoms with van der Waals surface area (Å²) in [4.78, 5) is 1.25. The Morgan fingerprint density at radius 1 is 1.09 bits per heavy atom. The molecule has 0 heterocycles. The van der Waals surface area contributed by atoms with E-state index in [1.54, 1.807) is 26.0 Å². The van der Waals surface area contributed by atoms with Crippen molar-refractivity contribution in [2.24, 2.45) is 0 Å². The van der Waals surface area contributed by atoms with Crippen LogP contribution in [-0.4, -0.2) is 31.6 Å². The minimum absolute atomic E-state index is 0.571. The lowest BCUT2D eigenvalue weighted by molar-refractivity contribution is 0.395. The molecular weight excluding hydrogens is 328 g/mol. The Hall–Kier alpha value is -1.92. The Morgan fingerprint density at radius 3 is 2.57 bits per heavy atom. The summed E-state index contributed by atoms with van der Waals surface area (Å²) >= 11 is 7.11. The molecule has 0 amide bonds. The van der Waals surface area contributed by atoms with E-state index in [9.17, 15) is 0 Å². The van der Waals surface area contributed by atoms with Crippen LogP contribution in [0.1, 0.15) is 0 Å². The Balaban J connectivity index is 1.78. The lowest BCUT2D eigenvalue weighted by Crippen LogP contribution is -2.30. The molecule has 4 nitrogen and oxygen atoms in total. The van der Waals surface area contributed by atoms with Crippen molar-refractivity contribution in [3.05, 3.63) is 48.5 Å². The molecule has 0 spiro atoms. The minimum atomic E-state index is 0.571. The van der Waals surface area contributed by atoms with E-state index in [-0.39, 0.29) is 0 Å². The molecule has 2 rings (SSSR count). The van der Waals surface area contributed by atoms with Gasteiger partial charge in [0.15, 0.2) is 5.11 Å². The second-order valence-electron chi connectivity index (χ2n) is 4.61. The molecule has 0 saturated heterocycles. The summed E-state index contributed by atoms with van der Waals surface area (Å²) in [7, 11) is 3.24. The maximum atomic E-state index is 5.34. The topological polar surface area (TPSA) is 42.5 Å². The normalized spacial score (nSPS) is 10.0. The number of thioether (sulfide) groups is 1. The third kappa shape index (κ3) is 5.65. The number of ether oxygens (including phenoxy) is 2. The van der Waals surface area contributed by atoms with E-state index >= 15 is 0 Å². The van der Waals surface area contributed by atoms with Crippen molar-refractivity contribution in [3.8, 4) is 11.5 Å². The lowest BCUT2D eigenvalue weighted by Gasteiger charge is -2.14. The van der Waals surface area contributed by atoms with Crippen molar-refractivity contribution in [2.75, 3.05) is 31.8 Å².